The van der Waals surface area contributed by atoms with Gasteiger partial charge in [-0.2, -0.15) is 5.10 Å². The van der Waals surface area contributed by atoms with Gasteiger partial charge in [-0.3, -0.25) is 9.48 Å². The number of anilines is 1. The van der Waals surface area contributed by atoms with Crippen molar-refractivity contribution in [3.8, 4) is 17.1 Å². The molecule has 4 rings (SSSR count). The Labute approximate surface area is 177 Å². The minimum Gasteiger partial charge on any atom is -0.497 e. The molecule has 3 aromatic heterocycles. The van der Waals surface area contributed by atoms with Crippen LogP contribution in [0.2, 0.25) is 0 Å². The highest BCUT2D eigenvalue weighted by Gasteiger charge is 2.23. The third-order valence-corrected chi connectivity index (χ3v) is 4.57. The summed E-state index contributed by atoms with van der Waals surface area (Å²) in [5, 5.41) is 11.2. The van der Waals surface area contributed by atoms with Crippen LogP contribution in [0.4, 0.5) is 5.69 Å². The largest absolute Gasteiger partial charge is 0.497 e. The lowest BCUT2D eigenvalue weighted by molar-refractivity contribution is 0.0523. The summed E-state index contributed by atoms with van der Waals surface area (Å²) in [5.41, 5.74) is 2.06. The van der Waals surface area contributed by atoms with Crippen LogP contribution in [0, 0.1) is 0 Å². The van der Waals surface area contributed by atoms with Crippen LogP contribution in [-0.2, 0) is 11.8 Å². The molecule has 10 heteroatoms. The number of carbonyl (C=O) groups is 2. The van der Waals surface area contributed by atoms with E-state index in [1.807, 2.05) is 24.3 Å². The minimum absolute atomic E-state index is 0.103. The second-order valence-electron chi connectivity index (χ2n) is 6.59. The molecule has 1 aromatic carbocycles. The zero-order chi connectivity index (χ0) is 22.0. The van der Waals surface area contributed by atoms with Gasteiger partial charge in [0.2, 0.25) is 0 Å². The second kappa shape index (κ2) is 8.27. The maximum atomic E-state index is 12.8. The van der Waals surface area contributed by atoms with Crippen molar-refractivity contribution in [2.45, 2.75) is 6.92 Å². The number of esters is 1. The number of benzene rings is 1. The van der Waals surface area contributed by atoms with Gasteiger partial charge in [0.15, 0.2) is 11.5 Å². The number of aryl methyl sites for hydroxylation is 1. The summed E-state index contributed by atoms with van der Waals surface area (Å²) >= 11 is 0. The lowest BCUT2D eigenvalue weighted by atomic mass is 10.2. The molecule has 0 fully saturated rings. The summed E-state index contributed by atoms with van der Waals surface area (Å²) in [4.78, 5) is 29.5. The van der Waals surface area contributed by atoms with E-state index in [9.17, 15) is 9.59 Å². The Morgan fingerprint density at radius 1 is 1.19 bits per heavy atom. The lowest BCUT2D eigenvalue weighted by Gasteiger charge is -2.07. The van der Waals surface area contributed by atoms with E-state index in [0.29, 0.717) is 22.9 Å². The smallest absolute Gasteiger partial charge is 0.342 e. The van der Waals surface area contributed by atoms with Crippen LogP contribution in [0.25, 0.3) is 17.0 Å². The molecule has 0 spiro atoms. The number of hydrogen-bond donors (Lipinski definition) is 1. The van der Waals surface area contributed by atoms with Gasteiger partial charge in [0.25, 0.3) is 5.91 Å². The van der Waals surface area contributed by atoms with E-state index in [4.69, 9.17) is 9.47 Å². The molecule has 4 aromatic rings. The SMILES string of the molecule is CCOC(=O)c1cnn(C)c1C(=O)Nc1ccn2nc(-c3cccc(OC)c3)nc2c1. The lowest BCUT2D eigenvalue weighted by Crippen LogP contribution is -2.20. The van der Waals surface area contributed by atoms with E-state index in [2.05, 4.69) is 20.5 Å². The first-order valence-corrected chi connectivity index (χ1v) is 9.51. The Morgan fingerprint density at radius 2 is 2.03 bits per heavy atom. The fraction of sp³-hybridized carbons (Fsp3) is 0.190. The normalized spacial score (nSPS) is 10.8. The number of aromatic nitrogens is 5. The molecule has 1 amide bonds. The van der Waals surface area contributed by atoms with Gasteiger partial charge in [0.1, 0.15) is 17.0 Å². The summed E-state index contributed by atoms with van der Waals surface area (Å²) in [6.07, 6.45) is 3.01. The number of hydrogen-bond acceptors (Lipinski definition) is 7. The summed E-state index contributed by atoms with van der Waals surface area (Å²) in [6.45, 7) is 1.90. The molecule has 1 N–H and O–H groups in total. The molecule has 0 bridgehead atoms. The van der Waals surface area contributed by atoms with Gasteiger partial charge in [0, 0.05) is 30.6 Å². The summed E-state index contributed by atoms with van der Waals surface area (Å²) in [6, 6.07) is 10.8. The van der Waals surface area contributed by atoms with E-state index in [1.54, 1.807) is 43.9 Å². The quantitative estimate of drug-likeness (QED) is 0.477. The maximum absolute atomic E-state index is 12.8. The number of methoxy groups -OCH3 is 1. The van der Waals surface area contributed by atoms with Crippen molar-refractivity contribution in [2.75, 3.05) is 19.0 Å². The number of nitrogens with zero attached hydrogens (tertiary/aromatic N) is 5. The second-order valence-corrected chi connectivity index (χ2v) is 6.59. The first kappa shape index (κ1) is 20.1. The number of amides is 1. The predicted octanol–water partition coefficient (Wildman–Crippen LogP) is 2.57. The number of carbonyl (C=O) groups excluding carboxylic acids is 2. The monoisotopic (exact) mass is 420 g/mol. The van der Waals surface area contributed by atoms with Crippen LogP contribution in [-0.4, -0.2) is 50.0 Å². The van der Waals surface area contributed by atoms with Crippen molar-refractivity contribution >= 4 is 23.2 Å². The van der Waals surface area contributed by atoms with E-state index >= 15 is 0 Å². The molecule has 0 saturated carbocycles. The van der Waals surface area contributed by atoms with Gasteiger partial charge >= 0.3 is 5.97 Å². The zero-order valence-corrected chi connectivity index (χ0v) is 17.2. The van der Waals surface area contributed by atoms with Gasteiger partial charge < -0.3 is 14.8 Å². The van der Waals surface area contributed by atoms with Crippen molar-refractivity contribution in [1.29, 1.82) is 0 Å². The van der Waals surface area contributed by atoms with Gasteiger partial charge in [0.05, 0.1) is 19.9 Å². The van der Waals surface area contributed by atoms with Crippen LogP contribution in [0.3, 0.4) is 0 Å². The first-order valence-electron chi connectivity index (χ1n) is 9.51. The van der Waals surface area contributed by atoms with Gasteiger partial charge in [-0.15, -0.1) is 5.10 Å². The van der Waals surface area contributed by atoms with Crippen molar-refractivity contribution in [3.63, 3.8) is 0 Å². The molecule has 31 heavy (non-hydrogen) atoms. The summed E-state index contributed by atoms with van der Waals surface area (Å²) in [7, 11) is 3.18. The third kappa shape index (κ3) is 3.95. The Hall–Kier alpha value is -4.21. The number of nitrogens with one attached hydrogen (secondary N) is 1. The third-order valence-electron chi connectivity index (χ3n) is 4.57. The highest BCUT2D eigenvalue weighted by atomic mass is 16.5. The fourth-order valence-electron chi connectivity index (χ4n) is 3.10. The molecular formula is C21H20N6O4. The molecule has 3 heterocycles. The number of rotatable bonds is 6. The van der Waals surface area contributed by atoms with Crippen LogP contribution >= 0.6 is 0 Å². The molecule has 10 nitrogen and oxygen atoms in total. The van der Waals surface area contributed by atoms with Crippen molar-refractivity contribution in [3.05, 3.63) is 60.0 Å². The molecule has 0 saturated heterocycles. The van der Waals surface area contributed by atoms with E-state index in [0.717, 1.165) is 5.56 Å². The van der Waals surface area contributed by atoms with Crippen LogP contribution in [0.1, 0.15) is 27.8 Å². The average Bonchev–Trinajstić information content (AvgIpc) is 3.37. The summed E-state index contributed by atoms with van der Waals surface area (Å²) < 4.78 is 13.2. The van der Waals surface area contributed by atoms with Crippen LogP contribution < -0.4 is 10.1 Å². The first-order chi connectivity index (χ1) is 15.0. The van der Waals surface area contributed by atoms with Crippen molar-refractivity contribution in [2.24, 2.45) is 7.05 Å². The molecule has 158 valence electrons. The minimum atomic E-state index is -0.600. The predicted molar refractivity (Wildman–Crippen MR) is 112 cm³/mol. The standard InChI is InChI=1S/C21H20N6O4/c1-4-31-21(29)16-12-22-26(2)18(16)20(28)23-14-8-9-27-17(11-14)24-19(25-27)13-6-5-7-15(10-13)30-3/h5-12H,4H2,1-3H3,(H,23,28). The molecule has 0 aliphatic carbocycles. The summed E-state index contributed by atoms with van der Waals surface area (Å²) in [5.74, 6) is 0.146. The maximum Gasteiger partial charge on any atom is 0.342 e. The number of pyridine rings is 1. The number of fused-ring (bicyclic) bond motifs is 1. The van der Waals surface area contributed by atoms with Crippen molar-refractivity contribution < 1.29 is 19.1 Å². The molecule has 0 aliphatic rings. The topological polar surface area (TPSA) is 113 Å². The highest BCUT2D eigenvalue weighted by Crippen LogP contribution is 2.22. The van der Waals surface area contributed by atoms with E-state index in [1.165, 1.54) is 10.9 Å². The molecule has 0 radical (unpaired) electrons. The van der Waals surface area contributed by atoms with Gasteiger partial charge in [-0.05, 0) is 25.1 Å². The van der Waals surface area contributed by atoms with E-state index < -0.39 is 11.9 Å². The highest BCUT2D eigenvalue weighted by molar-refractivity contribution is 6.10. The van der Waals surface area contributed by atoms with Crippen molar-refractivity contribution in [1.82, 2.24) is 24.4 Å². The molecule has 0 aliphatic heterocycles. The number of ether oxygens (including phenoxy) is 2. The Morgan fingerprint density at radius 3 is 2.81 bits per heavy atom. The van der Waals surface area contributed by atoms with Gasteiger partial charge in [-0.1, -0.05) is 12.1 Å². The van der Waals surface area contributed by atoms with Gasteiger partial charge in [-0.25, -0.2) is 14.3 Å². The zero-order valence-electron chi connectivity index (χ0n) is 17.2. The Bertz CT molecular complexity index is 1280. The van der Waals surface area contributed by atoms with Crippen LogP contribution in [0.5, 0.6) is 5.75 Å². The molecule has 0 unspecified atom stereocenters. The van der Waals surface area contributed by atoms with E-state index in [-0.39, 0.29) is 17.9 Å². The fourth-order valence-corrected chi connectivity index (χ4v) is 3.10. The molecule has 0 atom stereocenters. The molecular weight excluding hydrogens is 400 g/mol. The van der Waals surface area contributed by atoms with Crippen LogP contribution in [0.15, 0.2) is 48.8 Å². The Kier molecular flexibility index (Phi) is 5.35. The average molecular weight is 420 g/mol. The Balaban J connectivity index is 1.61.